The molecule has 0 saturated carbocycles. The average molecular weight is 334 g/mol. The minimum absolute atomic E-state index is 0.827. The van der Waals surface area contributed by atoms with E-state index in [2.05, 4.69) is 28.2 Å². The minimum atomic E-state index is 0.827. The van der Waals surface area contributed by atoms with Gasteiger partial charge in [0.2, 0.25) is 0 Å². The molecule has 0 radical (unpaired) electrons. The van der Waals surface area contributed by atoms with Crippen LogP contribution in [-0.4, -0.2) is 19.9 Å². The monoisotopic (exact) mass is 334 g/mol. The molecule has 5 aromatic rings. The predicted octanol–water partition coefficient (Wildman–Crippen LogP) is 4.91. The molecule has 3 heterocycles. The number of aromatic nitrogens is 4. The lowest BCUT2D eigenvalue weighted by molar-refractivity contribution is 1.21. The van der Waals surface area contributed by atoms with Crippen LogP contribution in [0.15, 0.2) is 85.3 Å². The summed E-state index contributed by atoms with van der Waals surface area (Å²) in [5, 5.41) is 2.17. The van der Waals surface area contributed by atoms with Crippen molar-refractivity contribution in [3.63, 3.8) is 0 Å². The van der Waals surface area contributed by atoms with Crippen molar-refractivity contribution in [1.82, 2.24) is 19.9 Å². The molecule has 0 N–H and O–H groups in total. The van der Waals surface area contributed by atoms with Crippen molar-refractivity contribution in [2.24, 2.45) is 0 Å². The van der Waals surface area contributed by atoms with Gasteiger partial charge in [-0.3, -0.25) is 9.97 Å². The zero-order chi connectivity index (χ0) is 17.3. The Morgan fingerprint density at radius 2 is 1.42 bits per heavy atom. The van der Waals surface area contributed by atoms with Crippen LogP contribution in [-0.2, 0) is 0 Å². The fraction of sp³-hybridized carbons (Fsp3) is 0. The van der Waals surface area contributed by atoms with E-state index >= 15 is 0 Å². The zero-order valence-electron chi connectivity index (χ0n) is 13.9. The molecule has 0 saturated heterocycles. The van der Waals surface area contributed by atoms with Crippen LogP contribution < -0.4 is 0 Å². The first-order chi connectivity index (χ1) is 12.9. The highest BCUT2D eigenvalue weighted by molar-refractivity contribution is 5.95. The fourth-order valence-corrected chi connectivity index (χ4v) is 3.17. The molecular weight excluding hydrogens is 320 g/mol. The van der Waals surface area contributed by atoms with Gasteiger partial charge < -0.3 is 0 Å². The predicted molar refractivity (Wildman–Crippen MR) is 104 cm³/mol. The number of hydrogen-bond donors (Lipinski definition) is 0. The molecule has 0 amide bonds. The number of nitrogens with zero attached hydrogens (tertiary/aromatic N) is 4. The molecule has 2 aromatic carbocycles. The lowest BCUT2D eigenvalue weighted by atomic mass is 10.0. The quantitative estimate of drug-likeness (QED) is 0.460. The number of para-hydroxylation sites is 2. The molecule has 0 fully saturated rings. The topological polar surface area (TPSA) is 51.6 Å². The normalized spacial score (nSPS) is 11.1. The Morgan fingerprint density at radius 3 is 2.31 bits per heavy atom. The molecule has 0 aliphatic heterocycles. The van der Waals surface area contributed by atoms with Gasteiger partial charge in [0, 0.05) is 28.7 Å². The molecule has 0 atom stereocenters. The lowest BCUT2D eigenvalue weighted by Gasteiger charge is -2.09. The van der Waals surface area contributed by atoms with Gasteiger partial charge in [-0.15, -0.1) is 0 Å². The summed E-state index contributed by atoms with van der Waals surface area (Å²) in [7, 11) is 0. The highest BCUT2D eigenvalue weighted by atomic mass is 14.8. The molecule has 122 valence electrons. The molecule has 3 aromatic heterocycles. The molecule has 5 rings (SSSR count). The SMILES string of the molecule is c1ccc2nc(-c3cc(-c4cnccn4)c4ccccc4n3)ccc2c1. The highest BCUT2D eigenvalue weighted by Gasteiger charge is 2.11. The van der Waals surface area contributed by atoms with E-state index in [9.17, 15) is 0 Å². The first kappa shape index (κ1) is 14.7. The summed E-state index contributed by atoms with van der Waals surface area (Å²) in [5.74, 6) is 0. The molecule has 4 heteroatoms. The third kappa shape index (κ3) is 2.48. The Morgan fingerprint density at radius 1 is 0.615 bits per heavy atom. The summed E-state index contributed by atoms with van der Waals surface area (Å²) < 4.78 is 0. The number of rotatable bonds is 2. The summed E-state index contributed by atoms with van der Waals surface area (Å²) in [5.41, 5.74) is 5.39. The van der Waals surface area contributed by atoms with Gasteiger partial charge in [-0.2, -0.15) is 0 Å². The van der Waals surface area contributed by atoms with Gasteiger partial charge in [0.15, 0.2) is 0 Å². The number of benzene rings is 2. The van der Waals surface area contributed by atoms with Crippen LogP contribution in [0.2, 0.25) is 0 Å². The summed E-state index contributed by atoms with van der Waals surface area (Å²) >= 11 is 0. The van der Waals surface area contributed by atoms with Crippen molar-refractivity contribution in [3.05, 3.63) is 85.3 Å². The summed E-state index contributed by atoms with van der Waals surface area (Å²) in [6, 6.07) is 22.3. The Balaban J connectivity index is 1.77. The maximum Gasteiger partial charge on any atom is 0.0900 e. The second kappa shape index (κ2) is 6.01. The fourth-order valence-electron chi connectivity index (χ4n) is 3.17. The van der Waals surface area contributed by atoms with Gasteiger partial charge in [-0.05, 0) is 24.3 Å². The summed E-state index contributed by atoms with van der Waals surface area (Å²) in [4.78, 5) is 18.3. The third-order valence-electron chi connectivity index (χ3n) is 4.42. The lowest BCUT2D eigenvalue weighted by Crippen LogP contribution is -1.93. The van der Waals surface area contributed by atoms with Crippen LogP contribution in [0, 0.1) is 0 Å². The van der Waals surface area contributed by atoms with Crippen LogP contribution in [0.25, 0.3) is 44.5 Å². The van der Waals surface area contributed by atoms with Gasteiger partial charge in [-0.1, -0.05) is 42.5 Å². The molecule has 0 bridgehead atoms. The summed E-state index contributed by atoms with van der Waals surface area (Å²) in [6.07, 6.45) is 5.16. The molecule has 0 aliphatic carbocycles. The molecular formula is C22H14N4. The van der Waals surface area contributed by atoms with Crippen molar-refractivity contribution < 1.29 is 0 Å². The maximum absolute atomic E-state index is 4.83. The van der Waals surface area contributed by atoms with Crippen LogP contribution in [0.3, 0.4) is 0 Å². The summed E-state index contributed by atoms with van der Waals surface area (Å²) in [6.45, 7) is 0. The van der Waals surface area contributed by atoms with Crippen LogP contribution in [0.1, 0.15) is 0 Å². The van der Waals surface area contributed by atoms with Crippen molar-refractivity contribution >= 4 is 21.8 Å². The van der Waals surface area contributed by atoms with Gasteiger partial charge in [0.25, 0.3) is 0 Å². The van der Waals surface area contributed by atoms with Crippen molar-refractivity contribution in [1.29, 1.82) is 0 Å². The number of hydrogen-bond acceptors (Lipinski definition) is 4. The maximum atomic E-state index is 4.83. The molecule has 0 aliphatic rings. The second-order valence-electron chi connectivity index (χ2n) is 6.05. The minimum Gasteiger partial charge on any atom is -0.261 e. The van der Waals surface area contributed by atoms with Crippen molar-refractivity contribution in [3.8, 4) is 22.6 Å². The van der Waals surface area contributed by atoms with E-state index in [1.54, 1.807) is 18.6 Å². The Bertz CT molecular complexity index is 1230. The number of pyridine rings is 2. The van der Waals surface area contributed by atoms with Crippen LogP contribution in [0.5, 0.6) is 0 Å². The second-order valence-corrected chi connectivity index (χ2v) is 6.05. The first-order valence-corrected chi connectivity index (χ1v) is 8.41. The van der Waals surface area contributed by atoms with E-state index < -0.39 is 0 Å². The molecule has 0 unspecified atom stereocenters. The smallest absolute Gasteiger partial charge is 0.0900 e. The van der Waals surface area contributed by atoms with E-state index in [4.69, 9.17) is 9.97 Å². The van der Waals surface area contributed by atoms with Crippen LogP contribution >= 0.6 is 0 Å². The van der Waals surface area contributed by atoms with E-state index in [0.29, 0.717) is 0 Å². The van der Waals surface area contributed by atoms with Crippen LogP contribution in [0.4, 0.5) is 0 Å². The highest BCUT2D eigenvalue weighted by Crippen LogP contribution is 2.30. The van der Waals surface area contributed by atoms with E-state index in [0.717, 1.165) is 44.5 Å². The Kier molecular flexibility index (Phi) is 3.39. The van der Waals surface area contributed by atoms with Crippen molar-refractivity contribution in [2.45, 2.75) is 0 Å². The third-order valence-corrected chi connectivity index (χ3v) is 4.42. The largest absolute Gasteiger partial charge is 0.261 e. The van der Waals surface area contributed by atoms with Crippen molar-refractivity contribution in [2.75, 3.05) is 0 Å². The van der Waals surface area contributed by atoms with Gasteiger partial charge in [0.05, 0.1) is 34.3 Å². The zero-order valence-corrected chi connectivity index (χ0v) is 13.9. The van der Waals surface area contributed by atoms with E-state index in [-0.39, 0.29) is 0 Å². The first-order valence-electron chi connectivity index (χ1n) is 8.41. The molecule has 26 heavy (non-hydrogen) atoms. The van der Waals surface area contributed by atoms with Gasteiger partial charge in [-0.25, -0.2) is 9.97 Å². The van der Waals surface area contributed by atoms with E-state index in [1.807, 2.05) is 48.5 Å². The molecule has 4 nitrogen and oxygen atoms in total. The standard InChI is InChI=1S/C22H14N4/c1-3-7-18-15(5-1)9-10-20(25-18)21-13-17(22-14-23-11-12-24-22)16-6-2-4-8-19(16)26-21/h1-14H. The van der Waals surface area contributed by atoms with Gasteiger partial charge in [0.1, 0.15) is 0 Å². The Labute approximate surface area is 150 Å². The average Bonchev–Trinajstić information content (AvgIpc) is 2.73. The molecule has 0 spiro atoms. The number of fused-ring (bicyclic) bond motifs is 2. The van der Waals surface area contributed by atoms with Gasteiger partial charge >= 0.3 is 0 Å². The van der Waals surface area contributed by atoms with E-state index in [1.165, 1.54) is 0 Å². The Hall–Kier alpha value is -3.66.